The van der Waals surface area contributed by atoms with Crippen LogP contribution in [-0.4, -0.2) is 35.6 Å². The van der Waals surface area contributed by atoms with Crippen molar-refractivity contribution < 1.29 is 23.9 Å². The normalized spacial score (nSPS) is 22.5. The van der Waals surface area contributed by atoms with Gasteiger partial charge in [0.25, 0.3) is 0 Å². The van der Waals surface area contributed by atoms with E-state index in [1.54, 1.807) is 30.5 Å². The smallest absolute Gasteiger partial charge is 0.243 e. The van der Waals surface area contributed by atoms with Crippen LogP contribution in [0.2, 0.25) is 0 Å². The third kappa shape index (κ3) is 8.62. The Morgan fingerprint density at radius 3 is 2.52 bits per heavy atom. The van der Waals surface area contributed by atoms with Crippen LogP contribution in [-0.2, 0) is 25.6 Å². The number of allylic oxidation sites excluding steroid dienone is 1. The molecule has 2 heterocycles. The Hall–Kier alpha value is -3.16. The standard InChI is InChI=1S/C23H31N3O5/c1-15(2)12-20-23(30)26-19(22(24)29)14-17(27)6-4-3-5-11-31-18-9-7-16(8-10-18)13-21(28)25-20/h5,7-11,15,19-20H,3-4,6,12-14H2,1-2H3,(H2,24,29)(H,25,28)(H,26,30)/b11-5-/t19-,20?/m0/s1. The van der Waals surface area contributed by atoms with Crippen molar-refractivity contribution in [1.29, 1.82) is 0 Å². The molecule has 0 aliphatic carbocycles. The lowest BCUT2D eigenvalue weighted by molar-refractivity contribution is -0.132. The Bertz CT molecular complexity index is 817. The predicted octanol–water partition coefficient (Wildman–Crippen LogP) is 1.77. The highest BCUT2D eigenvalue weighted by Crippen LogP contribution is 2.14. The van der Waals surface area contributed by atoms with Crippen LogP contribution in [0.25, 0.3) is 0 Å². The summed E-state index contributed by atoms with van der Waals surface area (Å²) in [6.07, 6.45) is 5.15. The molecule has 8 nitrogen and oxygen atoms in total. The van der Waals surface area contributed by atoms with Gasteiger partial charge < -0.3 is 21.1 Å². The first-order chi connectivity index (χ1) is 14.7. The van der Waals surface area contributed by atoms with Gasteiger partial charge in [-0.25, -0.2) is 0 Å². The SMILES string of the molecule is CC(C)CC1NC(=O)Cc2ccc(cc2)O/C=C\CCCC(=O)C[C@@H](C(N)=O)NC1=O. The molecule has 2 aliphatic rings. The van der Waals surface area contributed by atoms with E-state index in [9.17, 15) is 19.2 Å². The van der Waals surface area contributed by atoms with Crippen LogP contribution in [0.1, 0.15) is 51.5 Å². The molecule has 0 saturated heterocycles. The summed E-state index contributed by atoms with van der Waals surface area (Å²) in [6, 6.07) is 5.16. The molecule has 0 aromatic heterocycles. The number of rotatable bonds is 3. The van der Waals surface area contributed by atoms with Gasteiger partial charge in [-0.05, 0) is 49.0 Å². The third-order valence-corrected chi connectivity index (χ3v) is 4.87. The van der Waals surface area contributed by atoms with E-state index in [0.29, 0.717) is 25.0 Å². The van der Waals surface area contributed by atoms with Gasteiger partial charge in [-0.15, -0.1) is 0 Å². The predicted molar refractivity (Wildman–Crippen MR) is 116 cm³/mol. The molecule has 1 aromatic rings. The monoisotopic (exact) mass is 429 g/mol. The highest BCUT2D eigenvalue weighted by molar-refractivity contribution is 5.94. The molecule has 0 saturated carbocycles. The summed E-state index contributed by atoms with van der Waals surface area (Å²) in [6.45, 7) is 3.85. The molecule has 2 atom stereocenters. The molecular weight excluding hydrogens is 398 g/mol. The summed E-state index contributed by atoms with van der Waals surface area (Å²) < 4.78 is 5.52. The number of benzene rings is 1. The Labute approximate surface area is 182 Å². The van der Waals surface area contributed by atoms with Crippen molar-refractivity contribution in [2.75, 3.05) is 0 Å². The molecule has 31 heavy (non-hydrogen) atoms. The van der Waals surface area contributed by atoms with Gasteiger partial charge in [0.1, 0.15) is 23.6 Å². The highest BCUT2D eigenvalue weighted by Gasteiger charge is 2.27. The first kappa shape index (κ1) is 24.1. The summed E-state index contributed by atoms with van der Waals surface area (Å²) >= 11 is 0. The van der Waals surface area contributed by atoms with E-state index in [1.807, 2.05) is 19.9 Å². The number of fused-ring (bicyclic) bond motifs is 15. The van der Waals surface area contributed by atoms with Gasteiger partial charge in [-0.3, -0.25) is 19.2 Å². The molecule has 0 fully saturated rings. The number of hydrogen-bond donors (Lipinski definition) is 3. The zero-order valence-electron chi connectivity index (χ0n) is 18.1. The quantitative estimate of drug-likeness (QED) is 0.675. The molecular formula is C23H31N3O5. The molecule has 1 aromatic carbocycles. The fourth-order valence-corrected chi connectivity index (χ4v) is 3.26. The number of carbonyl (C=O) groups excluding carboxylic acids is 4. The van der Waals surface area contributed by atoms with Crippen LogP contribution >= 0.6 is 0 Å². The maximum absolute atomic E-state index is 12.8. The number of primary amides is 1. The number of hydrogen-bond acceptors (Lipinski definition) is 5. The fourth-order valence-electron chi connectivity index (χ4n) is 3.26. The lowest BCUT2D eigenvalue weighted by Gasteiger charge is -2.23. The second-order valence-electron chi connectivity index (χ2n) is 8.16. The lowest BCUT2D eigenvalue weighted by Crippen LogP contribution is -2.54. The average Bonchev–Trinajstić information content (AvgIpc) is 2.69. The van der Waals surface area contributed by atoms with Gasteiger partial charge in [0.15, 0.2) is 0 Å². The number of nitrogens with two attached hydrogens (primary N) is 1. The van der Waals surface area contributed by atoms with Crippen LogP contribution in [0.4, 0.5) is 0 Å². The number of carbonyl (C=O) groups is 4. The number of amides is 3. The largest absolute Gasteiger partial charge is 0.465 e. The van der Waals surface area contributed by atoms with Crippen molar-refractivity contribution in [2.24, 2.45) is 11.7 Å². The molecule has 4 N–H and O–H groups in total. The molecule has 3 rings (SSSR count). The number of Topliss-reactive ketones (excluding diaryl/α,β-unsaturated/α-hetero) is 1. The van der Waals surface area contributed by atoms with E-state index in [1.165, 1.54) is 0 Å². The van der Waals surface area contributed by atoms with E-state index >= 15 is 0 Å². The minimum atomic E-state index is -1.11. The first-order valence-electron chi connectivity index (χ1n) is 10.6. The Kier molecular flexibility index (Phi) is 9.24. The summed E-state index contributed by atoms with van der Waals surface area (Å²) in [5, 5.41) is 5.29. The second kappa shape index (κ2) is 11.9. The van der Waals surface area contributed by atoms with Crippen molar-refractivity contribution in [3.8, 4) is 5.75 Å². The van der Waals surface area contributed by atoms with Crippen molar-refractivity contribution >= 4 is 23.5 Å². The number of nitrogens with one attached hydrogen (secondary N) is 2. The van der Waals surface area contributed by atoms with E-state index in [4.69, 9.17) is 10.5 Å². The summed E-state index contributed by atoms with van der Waals surface area (Å²) in [5.41, 5.74) is 6.18. The maximum Gasteiger partial charge on any atom is 0.243 e. The van der Waals surface area contributed by atoms with Crippen molar-refractivity contribution in [1.82, 2.24) is 10.6 Å². The average molecular weight is 430 g/mol. The van der Waals surface area contributed by atoms with Crippen LogP contribution < -0.4 is 21.1 Å². The molecule has 3 amide bonds. The van der Waals surface area contributed by atoms with Gasteiger partial charge in [0.2, 0.25) is 17.7 Å². The minimum Gasteiger partial charge on any atom is -0.465 e. The van der Waals surface area contributed by atoms with Crippen LogP contribution in [0.15, 0.2) is 36.6 Å². The molecule has 0 spiro atoms. The second-order valence-corrected chi connectivity index (χ2v) is 8.16. The summed E-state index contributed by atoms with van der Waals surface area (Å²) in [5.74, 6) is -1.04. The number of ketones is 1. The number of ether oxygens (including phenoxy) is 1. The maximum atomic E-state index is 12.8. The molecule has 2 bridgehead atoms. The zero-order valence-corrected chi connectivity index (χ0v) is 18.1. The molecule has 8 heteroatoms. The van der Waals surface area contributed by atoms with Gasteiger partial charge in [-0.2, -0.15) is 0 Å². The van der Waals surface area contributed by atoms with Crippen LogP contribution in [0.3, 0.4) is 0 Å². The first-order valence-corrected chi connectivity index (χ1v) is 10.6. The van der Waals surface area contributed by atoms with E-state index in [-0.39, 0.29) is 36.9 Å². The third-order valence-electron chi connectivity index (χ3n) is 4.87. The molecule has 168 valence electrons. The van der Waals surface area contributed by atoms with E-state index in [2.05, 4.69) is 10.6 Å². The summed E-state index contributed by atoms with van der Waals surface area (Å²) in [4.78, 5) is 49.4. The van der Waals surface area contributed by atoms with Crippen molar-refractivity contribution in [2.45, 2.75) is 64.5 Å². The fraction of sp³-hybridized carbons (Fsp3) is 0.478. The zero-order chi connectivity index (χ0) is 22.8. The van der Waals surface area contributed by atoms with Crippen molar-refractivity contribution in [3.05, 3.63) is 42.2 Å². The van der Waals surface area contributed by atoms with Gasteiger partial charge in [0, 0.05) is 12.8 Å². The van der Waals surface area contributed by atoms with Gasteiger partial charge in [-0.1, -0.05) is 26.0 Å². The van der Waals surface area contributed by atoms with E-state index < -0.39 is 23.9 Å². The Morgan fingerprint density at radius 2 is 1.87 bits per heavy atom. The summed E-state index contributed by atoms with van der Waals surface area (Å²) in [7, 11) is 0. The minimum absolute atomic E-state index is 0.0930. The van der Waals surface area contributed by atoms with Crippen molar-refractivity contribution in [3.63, 3.8) is 0 Å². The Morgan fingerprint density at radius 1 is 1.16 bits per heavy atom. The van der Waals surface area contributed by atoms with Gasteiger partial charge >= 0.3 is 0 Å². The van der Waals surface area contributed by atoms with Gasteiger partial charge in [0.05, 0.1) is 12.7 Å². The Balaban J connectivity index is 2.22. The van der Waals surface area contributed by atoms with Crippen LogP contribution in [0, 0.1) is 5.92 Å². The molecule has 1 unspecified atom stereocenters. The molecule has 0 radical (unpaired) electrons. The van der Waals surface area contributed by atoms with E-state index in [0.717, 1.165) is 5.56 Å². The molecule has 2 aliphatic heterocycles. The topological polar surface area (TPSA) is 128 Å². The van der Waals surface area contributed by atoms with Crippen LogP contribution in [0.5, 0.6) is 5.75 Å². The highest BCUT2D eigenvalue weighted by atomic mass is 16.5. The lowest BCUT2D eigenvalue weighted by atomic mass is 10.0.